The molecule has 0 radical (unpaired) electrons. The number of cyclic esters (lactones) is 1. The molecule has 304 valence electrons. The minimum atomic E-state index is -0.832. The number of nitrogens with zero attached hydrogens (tertiary/aromatic N) is 2. The molecule has 12 heteroatoms. The lowest BCUT2D eigenvalue weighted by Crippen LogP contribution is -2.49. The lowest BCUT2D eigenvalue weighted by molar-refractivity contribution is -0.134. The molecule has 1 aromatic heterocycles. The van der Waals surface area contributed by atoms with Gasteiger partial charge in [-0.2, -0.15) is 0 Å². The fraction of sp³-hybridized carbons (Fsp3) is 0.489. The van der Waals surface area contributed by atoms with E-state index < -0.39 is 23.7 Å². The number of methoxy groups -OCH3 is 1. The molecule has 57 heavy (non-hydrogen) atoms. The van der Waals surface area contributed by atoms with Gasteiger partial charge < -0.3 is 34.5 Å². The Kier molecular flexibility index (Phi) is 13.9. The predicted octanol–water partition coefficient (Wildman–Crippen LogP) is 6.59. The highest BCUT2D eigenvalue weighted by Gasteiger charge is 2.36. The van der Waals surface area contributed by atoms with Crippen molar-refractivity contribution in [3.63, 3.8) is 0 Å². The van der Waals surface area contributed by atoms with Gasteiger partial charge in [-0.1, -0.05) is 36.8 Å². The van der Waals surface area contributed by atoms with Gasteiger partial charge >= 0.3 is 5.97 Å². The number of esters is 1. The van der Waals surface area contributed by atoms with E-state index in [1.54, 1.807) is 62.6 Å². The van der Waals surface area contributed by atoms with Crippen LogP contribution >= 0.6 is 0 Å². The fourth-order valence-electron chi connectivity index (χ4n) is 8.56. The molecule has 4 heterocycles. The molecule has 3 aliphatic heterocycles. The van der Waals surface area contributed by atoms with Crippen LogP contribution in [0.25, 0.3) is 6.08 Å². The number of ether oxygens (including phenoxy) is 2. The Labute approximate surface area is 333 Å². The summed E-state index contributed by atoms with van der Waals surface area (Å²) in [5, 5.41) is 26.3. The maximum absolute atomic E-state index is 13.7. The number of aromatic hydroxyl groups is 2. The zero-order valence-electron chi connectivity index (χ0n) is 33.0. The Hall–Kier alpha value is -5.39. The molecule has 2 amide bonds. The SMILES string of the molecule is COc1ccc(C(CC(=O)NCCCCCC(=O)N2C[C@H]3C[C@@H](C2)c2cccc(=O)n2C3)c2c(O)cc3c(c2O)C(=O)O[C@@H](C)CCCC(=O)CCC/C=C/3)cc1. The van der Waals surface area contributed by atoms with Gasteiger partial charge in [-0.15, -0.1) is 0 Å². The van der Waals surface area contributed by atoms with Crippen LogP contribution in [0.3, 0.4) is 0 Å². The Morgan fingerprint density at radius 3 is 2.56 bits per heavy atom. The van der Waals surface area contributed by atoms with Crippen molar-refractivity contribution in [3.05, 3.63) is 92.9 Å². The first kappa shape index (κ1) is 41.2. The number of likely N-dealkylation sites (tertiary alicyclic amines) is 1. The number of nitrogens with one attached hydrogen (secondary N) is 1. The summed E-state index contributed by atoms with van der Waals surface area (Å²) >= 11 is 0. The van der Waals surface area contributed by atoms with Gasteiger partial charge in [0.15, 0.2) is 0 Å². The number of carbonyl (C=O) groups excluding carboxylic acids is 4. The molecule has 4 atom stereocenters. The van der Waals surface area contributed by atoms with E-state index in [2.05, 4.69) is 5.32 Å². The van der Waals surface area contributed by atoms with Gasteiger partial charge in [0.05, 0.1) is 13.2 Å². The van der Waals surface area contributed by atoms with Crippen LogP contribution in [0.2, 0.25) is 0 Å². The number of hydrogen-bond acceptors (Lipinski definition) is 9. The van der Waals surface area contributed by atoms with Gasteiger partial charge in [0, 0.05) is 81.0 Å². The molecule has 2 aromatic carbocycles. The molecule has 0 spiro atoms. The normalized spacial score (nSPS) is 20.9. The molecule has 12 nitrogen and oxygen atoms in total. The number of pyridine rings is 1. The summed E-state index contributed by atoms with van der Waals surface area (Å²) in [5.41, 5.74) is 1.87. The van der Waals surface area contributed by atoms with Gasteiger partial charge in [-0.25, -0.2) is 4.79 Å². The highest BCUT2D eigenvalue weighted by atomic mass is 16.5. The standard InChI is InChI=1S/C45H55N3O9/c1-29-11-9-14-34(49)13-6-3-5-12-32-24-38(50)43(44(54)42(32)45(55)57-29)36(31-18-20-35(56-2)21-19-31)25-39(51)46-22-8-4-7-16-40(52)47-26-30-23-33(28-47)37-15-10-17-41(53)48(37)27-30/h5,10,12,15,17-21,24,29-30,33,36,50,54H,3-4,6-9,11,13-14,16,22-23,25-28H2,1-2H3,(H,46,51)/b12-5+/t29-,30+,33-,36?/m0/s1. The van der Waals surface area contributed by atoms with Gasteiger partial charge in [0.2, 0.25) is 11.8 Å². The number of fused-ring (bicyclic) bond motifs is 5. The molecule has 1 fully saturated rings. The Balaban J connectivity index is 1.10. The highest BCUT2D eigenvalue weighted by molar-refractivity contribution is 5.98. The quantitative estimate of drug-likeness (QED) is 0.144. The second-order valence-corrected chi connectivity index (χ2v) is 15.8. The van der Waals surface area contributed by atoms with Gasteiger partial charge in [0.25, 0.3) is 5.56 Å². The second-order valence-electron chi connectivity index (χ2n) is 15.8. The third kappa shape index (κ3) is 10.3. The van der Waals surface area contributed by atoms with E-state index in [-0.39, 0.29) is 63.9 Å². The number of piperidine rings is 1. The summed E-state index contributed by atoms with van der Waals surface area (Å²) in [5.74, 6) is -1.30. The first-order valence-corrected chi connectivity index (χ1v) is 20.4. The molecule has 3 N–H and O–H groups in total. The molecule has 6 rings (SSSR count). The summed E-state index contributed by atoms with van der Waals surface area (Å²) in [7, 11) is 1.54. The van der Waals surface area contributed by atoms with Crippen LogP contribution in [0.15, 0.2) is 59.4 Å². The van der Waals surface area contributed by atoms with Crippen LogP contribution in [0, 0.1) is 5.92 Å². The van der Waals surface area contributed by atoms with E-state index in [9.17, 15) is 34.2 Å². The fourth-order valence-corrected chi connectivity index (χ4v) is 8.56. The molecule has 1 saturated heterocycles. The third-order valence-corrected chi connectivity index (χ3v) is 11.5. The Bertz CT molecular complexity index is 2020. The van der Waals surface area contributed by atoms with Crippen LogP contribution < -0.4 is 15.6 Å². The monoisotopic (exact) mass is 781 g/mol. The van der Waals surface area contributed by atoms with E-state index >= 15 is 0 Å². The van der Waals surface area contributed by atoms with Crippen LogP contribution in [0.4, 0.5) is 0 Å². The maximum Gasteiger partial charge on any atom is 0.342 e. The van der Waals surface area contributed by atoms with Crippen LogP contribution in [-0.4, -0.2) is 76.1 Å². The number of amides is 2. The lowest BCUT2D eigenvalue weighted by Gasteiger charge is -2.42. The first-order chi connectivity index (χ1) is 27.5. The van der Waals surface area contributed by atoms with Crippen molar-refractivity contribution in [2.45, 2.75) is 108 Å². The van der Waals surface area contributed by atoms with Crippen molar-refractivity contribution in [2.75, 3.05) is 26.7 Å². The minimum Gasteiger partial charge on any atom is -0.507 e. The number of phenolic OH excluding ortho intramolecular Hbond substituents is 2. The van der Waals surface area contributed by atoms with Crippen molar-refractivity contribution < 1.29 is 38.9 Å². The van der Waals surface area contributed by atoms with Crippen molar-refractivity contribution >= 4 is 29.6 Å². The number of hydrogen-bond donors (Lipinski definition) is 3. The number of unbranched alkanes of at least 4 members (excludes halogenated alkanes) is 2. The Morgan fingerprint density at radius 2 is 1.77 bits per heavy atom. The summed E-state index contributed by atoms with van der Waals surface area (Å²) in [6.07, 6.45) is 9.44. The van der Waals surface area contributed by atoms with Crippen LogP contribution in [0.5, 0.6) is 17.2 Å². The van der Waals surface area contributed by atoms with Crippen molar-refractivity contribution in [1.82, 2.24) is 14.8 Å². The maximum atomic E-state index is 13.7. The van der Waals surface area contributed by atoms with Gasteiger partial charge in [-0.3, -0.25) is 19.2 Å². The average Bonchev–Trinajstić information content (AvgIpc) is 3.18. The van der Waals surface area contributed by atoms with E-state index in [0.29, 0.717) is 95.3 Å². The van der Waals surface area contributed by atoms with E-state index in [0.717, 1.165) is 18.5 Å². The van der Waals surface area contributed by atoms with Crippen molar-refractivity contribution in [1.29, 1.82) is 0 Å². The molecule has 2 bridgehead atoms. The van der Waals surface area contributed by atoms with Crippen molar-refractivity contribution in [3.8, 4) is 17.2 Å². The largest absolute Gasteiger partial charge is 0.507 e. The molecular weight excluding hydrogens is 727 g/mol. The molecule has 3 aromatic rings. The summed E-state index contributed by atoms with van der Waals surface area (Å²) in [4.78, 5) is 66.9. The zero-order chi connectivity index (χ0) is 40.5. The van der Waals surface area contributed by atoms with Gasteiger partial charge in [-0.05, 0) is 93.2 Å². The minimum absolute atomic E-state index is 0.0218. The number of Topliss-reactive ketones (excluding diaryl/α,β-unsaturated/α-hetero) is 1. The lowest BCUT2D eigenvalue weighted by atomic mass is 9.83. The van der Waals surface area contributed by atoms with Crippen LogP contribution in [-0.2, 0) is 25.7 Å². The predicted molar refractivity (Wildman–Crippen MR) is 215 cm³/mol. The van der Waals surface area contributed by atoms with E-state index in [1.807, 2.05) is 15.5 Å². The van der Waals surface area contributed by atoms with Gasteiger partial charge in [0.1, 0.15) is 28.6 Å². The summed E-state index contributed by atoms with van der Waals surface area (Å²) < 4.78 is 12.9. The highest BCUT2D eigenvalue weighted by Crippen LogP contribution is 2.44. The number of ketones is 1. The Morgan fingerprint density at radius 1 is 0.982 bits per heavy atom. The average molecular weight is 782 g/mol. The van der Waals surface area contributed by atoms with E-state index in [4.69, 9.17) is 9.47 Å². The molecular formula is C45H55N3O9. The third-order valence-electron chi connectivity index (χ3n) is 11.5. The molecule has 3 aliphatic rings. The molecule has 0 aliphatic carbocycles. The number of rotatable bonds is 11. The smallest absolute Gasteiger partial charge is 0.342 e. The number of phenols is 2. The summed E-state index contributed by atoms with van der Waals surface area (Å²) in [6, 6.07) is 13.8. The number of carbonyl (C=O) groups is 4. The zero-order valence-corrected chi connectivity index (χ0v) is 33.0. The first-order valence-electron chi connectivity index (χ1n) is 20.4. The van der Waals surface area contributed by atoms with E-state index in [1.165, 1.54) is 6.07 Å². The van der Waals surface area contributed by atoms with Crippen molar-refractivity contribution in [2.24, 2.45) is 5.92 Å². The number of aromatic nitrogens is 1. The molecule has 1 unspecified atom stereocenters. The summed E-state index contributed by atoms with van der Waals surface area (Å²) in [6.45, 7) is 4.06. The molecule has 0 saturated carbocycles. The second kappa shape index (κ2) is 19.2. The topological polar surface area (TPSA) is 164 Å². The number of allylic oxidation sites excluding steroid dienone is 1. The number of benzene rings is 2. The van der Waals surface area contributed by atoms with Crippen LogP contribution in [0.1, 0.15) is 129 Å².